The first-order valence-electron chi connectivity index (χ1n) is 9.83. The maximum atomic E-state index is 12.8. The fraction of sp³-hybridized carbons (Fsp3) is 0.647. The quantitative estimate of drug-likeness (QED) is 0.133. The number of nitrogens with zero attached hydrogens (tertiary/aromatic N) is 2. The first-order valence-corrected chi connectivity index (χ1v) is 11.5. The molecular weight excluding hydrogens is 432 g/mol. The van der Waals surface area contributed by atoms with Gasteiger partial charge in [-0.1, -0.05) is 18.5 Å². The summed E-state index contributed by atoms with van der Waals surface area (Å²) >= 11 is 0. The van der Waals surface area contributed by atoms with Gasteiger partial charge in [-0.15, -0.1) is 0 Å². The van der Waals surface area contributed by atoms with Crippen LogP contribution in [-0.2, 0) is 24.3 Å². The topological polar surface area (TPSA) is 198 Å². The zero-order valence-corrected chi connectivity index (χ0v) is 18.0. The van der Waals surface area contributed by atoms with Crippen molar-refractivity contribution in [1.82, 2.24) is 20.5 Å². The summed E-state index contributed by atoms with van der Waals surface area (Å²) < 4.78 is 36.8. The van der Waals surface area contributed by atoms with Crippen molar-refractivity contribution < 1.29 is 32.4 Å². The van der Waals surface area contributed by atoms with Crippen molar-refractivity contribution in [2.45, 2.75) is 37.8 Å². The number of aliphatic carboxylic acids is 1. The molecule has 2 atom stereocenters. The number of nitrogens with one attached hydrogen (secondary N) is 3. The molecule has 0 fully saturated rings. The highest BCUT2D eigenvalue weighted by Crippen LogP contribution is 2.28. The molecule has 13 nitrogen and oxygen atoms in total. The number of carboxylic acid groups (broad SMARTS) is 1. The van der Waals surface area contributed by atoms with Crippen molar-refractivity contribution in [2.75, 3.05) is 32.0 Å². The average molecular weight is 461 g/mol. The van der Waals surface area contributed by atoms with Gasteiger partial charge in [-0.2, -0.15) is 4.72 Å². The normalized spacial score (nSPS) is 16.6. The lowest BCUT2D eigenvalue weighted by atomic mass is 9.91. The molecular formula is C17H28N6O7S. The van der Waals surface area contributed by atoms with E-state index in [1.807, 2.05) is 4.72 Å². The molecule has 1 aromatic rings. The van der Waals surface area contributed by atoms with Gasteiger partial charge in [-0.3, -0.25) is 9.79 Å². The molecule has 0 spiro atoms. The number of carbonyl (C=O) groups is 2. The highest BCUT2D eigenvalue weighted by atomic mass is 32.2. The second kappa shape index (κ2) is 11.1. The zero-order chi connectivity index (χ0) is 22.9. The van der Waals surface area contributed by atoms with Gasteiger partial charge in [0.05, 0.1) is 25.1 Å². The predicted octanol–water partition coefficient (Wildman–Crippen LogP) is -1.30. The van der Waals surface area contributed by atoms with Crippen LogP contribution in [0, 0.1) is 0 Å². The van der Waals surface area contributed by atoms with Crippen LogP contribution in [0.5, 0.6) is 0 Å². The summed E-state index contributed by atoms with van der Waals surface area (Å²) in [4.78, 5) is 28.9. The first kappa shape index (κ1) is 24.6. The maximum Gasteiger partial charge on any atom is 0.341 e. The van der Waals surface area contributed by atoms with Crippen LogP contribution < -0.4 is 21.1 Å². The molecule has 0 aromatic carbocycles. The van der Waals surface area contributed by atoms with Crippen molar-refractivity contribution in [3.63, 3.8) is 0 Å². The SMILES string of the molecule is CCCCS(=O)(=O)NC(N)(C(=O)O)C(C(=O)OCCCNC1=NCCN1)c1ccno1. The van der Waals surface area contributed by atoms with Gasteiger partial charge in [-0.05, 0) is 12.8 Å². The Balaban J connectivity index is 2.10. The number of ether oxygens (including phenoxy) is 1. The molecule has 31 heavy (non-hydrogen) atoms. The Labute approximate surface area is 179 Å². The fourth-order valence-electron chi connectivity index (χ4n) is 2.82. The van der Waals surface area contributed by atoms with Gasteiger partial charge < -0.3 is 30.7 Å². The Hall–Kier alpha value is -2.71. The van der Waals surface area contributed by atoms with Crippen LogP contribution in [0.3, 0.4) is 0 Å². The maximum absolute atomic E-state index is 12.8. The van der Waals surface area contributed by atoms with Gasteiger partial charge >= 0.3 is 11.9 Å². The van der Waals surface area contributed by atoms with E-state index in [0.717, 1.165) is 6.54 Å². The van der Waals surface area contributed by atoms with Crippen LogP contribution >= 0.6 is 0 Å². The van der Waals surface area contributed by atoms with Gasteiger partial charge in [0.15, 0.2) is 23.3 Å². The monoisotopic (exact) mass is 460 g/mol. The molecule has 2 heterocycles. The number of sulfonamides is 1. The summed E-state index contributed by atoms with van der Waals surface area (Å²) in [7, 11) is -4.11. The second-order valence-electron chi connectivity index (χ2n) is 6.90. The summed E-state index contributed by atoms with van der Waals surface area (Å²) in [5.74, 6) is -4.56. The van der Waals surface area contributed by atoms with Gasteiger partial charge in [0.2, 0.25) is 10.0 Å². The first-order chi connectivity index (χ1) is 14.7. The lowest BCUT2D eigenvalue weighted by molar-refractivity contribution is -0.156. The summed E-state index contributed by atoms with van der Waals surface area (Å²) in [5.41, 5.74) is 3.20. The number of hydrogen-bond acceptors (Lipinski definition) is 11. The number of carboxylic acids is 1. The Morgan fingerprint density at radius 3 is 2.81 bits per heavy atom. The number of aromatic nitrogens is 1. The third kappa shape index (κ3) is 6.90. The van der Waals surface area contributed by atoms with Crippen molar-refractivity contribution in [3.05, 3.63) is 18.0 Å². The van der Waals surface area contributed by atoms with Crippen LogP contribution in [0.4, 0.5) is 0 Å². The van der Waals surface area contributed by atoms with Gasteiger partial charge in [-0.25, -0.2) is 13.2 Å². The van der Waals surface area contributed by atoms with Gasteiger partial charge in [0.1, 0.15) is 0 Å². The number of aliphatic imine (C=N–C) groups is 1. The van der Waals surface area contributed by atoms with E-state index in [4.69, 9.17) is 15.0 Å². The minimum Gasteiger partial charge on any atom is -0.479 e. The van der Waals surface area contributed by atoms with E-state index in [9.17, 15) is 23.1 Å². The summed E-state index contributed by atoms with van der Waals surface area (Å²) in [6.07, 6.45) is 2.43. The molecule has 2 unspecified atom stereocenters. The van der Waals surface area contributed by atoms with Crippen molar-refractivity contribution >= 4 is 27.9 Å². The standard InChI is InChI=1S/C17H28N6O7S/c1-2-3-11-31(27,28)23-17(18,15(25)26)13(12-5-7-22-30-12)14(24)29-10-4-6-19-16-20-8-9-21-16/h5,7,13,23H,2-4,6,8-11,18H2,1H3,(H,25,26)(H2,19,20,21). The number of hydrogen-bond donors (Lipinski definition) is 5. The van der Waals surface area contributed by atoms with Gasteiger partial charge in [0.25, 0.3) is 0 Å². The molecule has 1 aromatic heterocycles. The zero-order valence-electron chi connectivity index (χ0n) is 17.2. The van der Waals surface area contributed by atoms with Crippen molar-refractivity contribution in [2.24, 2.45) is 10.7 Å². The van der Waals surface area contributed by atoms with Crippen LogP contribution in [0.1, 0.15) is 37.9 Å². The smallest absolute Gasteiger partial charge is 0.341 e. The second-order valence-corrected chi connectivity index (χ2v) is 8.74. The van der Waals surface area contributed by atoms with Crippen LogP contribution in [0.25, 0.3) is 0 Å². The molecule has 0 bridgehead atoms. The molecule has 1 aliphatic rings. The Morgan fingerprint density at radius 2 is 2.23 bits per heavy atom. The number of carbonyl (C=O) groups excluding carboxylic acids is 1. The number of guanidine groups is 1. The van der Waals surface area contributed by atoms with E-state index >= 15 is 0 Å². The third-order valence-electron chi connectivity index (χ3n) is 4.41. The predicted molar refractivity (Wildman–Crippen MR) is 110 cm³/mol. The number of rotatable bonds is 13. The summed E-state index contributed by atoms with van der Waals surface area (Å²) in [5, 5.41) is 19.2. The van der Waals surface area contributed by atoms with Crippen LogP contribution in [-0.4, -0.2) is 74.2 Å². The molecule has 0 radical (unpaired) electrons. The lowest BCUT2D eigenvalue weighted by Crippen LogP contribution is -2.66. The van der Waals surface area contributed by atoms with E-state index in [1.54, 1.807) is 6.92 Å². The van der Waals surface area contributed by atoms with E-state index < -0.39 is 33.5 Å². The van der Waals surface area contributed by atoms with Crippen LogP contribution in [0.2, 0.25) is 0 Å². The van der Waals surface area contributed by atoms with E-state index in [-0.39, 0.29) is 24.5 Å². The van der Waals surface area contributed by atoms with E-state index in [1.165, 1.54) is 12.3 Å². The highest BCUT2D eigenvalue weighted by molar-refractivity contribution is 7.89. The molecule has 0 saturated carbocycles. The van der Waals surface area contributed by atoms with Crippen molar-refractivity contribution in [1.29, 1.82) is 0 Å². The van der Waals surface area contributed by atoms with E-state index in [2.05, 4.69) is 20.8 Å². The molecule has 1 aliphatic heterocycles. The molecule has 0 amide bonds. The molecule has 0 saturated heterocycles. The minimum atomic E-state index is -4.11. The lowest BCUT2D eigenvalue weighted by Gasteiger charge is -2.31. The largest absolute Gasteiger partial charge is 0.479 e. The van der Waals surface area contributed by atoms with Crippen LogP contribution in [0.15, 0.2) is 21.8 Å². The minimum absolute atomic E-state index is 0.0674. The van der Waals surface area contributed by atoms with E-state index in [0.29, 0.717) is 31.9 Å². The molecule has 174 valence electrons. The molecule has 0 aliphatic carbocycles. The highest BCUT2D eigenvalue weighted by Gasteiger charge is 2.52. The number of esters is 1. The average Bonchev–Trinajstić information content (AvgIpc) is 3.40. The molecule has 6 N–H and O–H groups in total. The Bertz CT molecular complexity index is 874. The third-order valence-corrected chi connectivity index (χ3v) is 5.89. The summed E-state index contributed by atoms with van der Waals surface area (Å²) in [6.45, 7) is 3.59. The molecule has 14 heteroatoms. The van der Waals surface area contributed by atoms with Gasteiger partial charge in [0, 0.05) is 19.2 Å². The Morgan fingerprint density at radius 1 is 1.45 bits per heavy atom. The van der Waals surface area contributed by atoms with Crippen molar-refractivity contribution in [3.8, 4) is 0 Å². The molecule has 2 rings (SSSR count). The Kier molecular flexibility index (Phi) is 8.76. The fourth-order valence-corrected chi connectivity index (χ4v) is 4.31. The summed E-state index contributed by atoms with van der Waals surface area (Å²) in [6, 6.07) is 1.22. The number of unbranched alkanes of at least 4 members (excludes halogenated alkanes) is 1. The number of nitrogens with two attached hydrogens (primary N) is 1.